The van der Waals surface area contributed by atoms with Crippen LogP contribution in [0.1, 0.15) is 43.3 Å². The lowest BCUT2D eigenvalue weighted by Crippen LogP contribution is -2.48. The number of nitrogens with one attached hydrogen (secondary N) is 1. The first-order chi connectivity index (χ1) is 7.47. The first-order valence-electron chi connectivity index (χ1n) is 5.48. The first kappa shape index (κ1) is 11.5. The molecule has 1 heterocycles. The summed E-state index contributed by atoms with van der Waals surface area (Å²) in [6.07, 6.45) is 2.51. The van der Waals surface area contributed by atoms with Crippen molar-refractivity contribution in [3.05, 3.63) is 16.1 Å². The quantitative estimate of drug-likeness (QED) is 0.834. The molecular weight excluding hydrogens is 222 g/mol. The number of rotatable bonds is 4. The van der Waals surface area contributed by atoms with Gasteiger partial charge in [0.25, 0.3) is 0 Å². The topological polar surface area (TPSA) is 68.0 Å². The fraction of sp³-hybridized carbons (Fsp3) is 0.636. The highest BCUT2D eigenvalue weighted by Gasteiger charge is 2.26. The minimum atomic E-state index is -0.823. The van der Waals surface area contributed by atoms with Crippen LogP contribution in [0.25, 0.3) is 0 Å². The Kier molecular flexibility index (Phi) is 2.99. The average molecular weight is 239 g/mol. The van der Waals surface area contributed by atoms with Crippen LogP contribution in [0.3, 0.4) is 0 Å². The Morgan fingerprint density at radius 2 is 2.38 bits per heavy atom. The molecule has 1 aromatic rings. The van der Waals surface area contributed by atoms with Crippen LogP contribution in [0.5, 0.6) is 0 Å². The number of thiazole rings is 1. The Bertz CT molecular complexity index is 390. The first-order valence-corrected chi connectivity index (χ1v) is 6.36. The van der Waals surface area contributed by atoms with Crippen LogP contribution >= 0.6 is 11.3 Å². The number of amides is 1. The molecule has 88 valence electrons. The molecule has 2 rings (SSSR count). The summed E-state index contributed by atoms with van der Waals surface area (Å²) in [5.41, 5.74) is 6.04. The van der Waals surface area contributed by atoms with Gasteiger partial charge in [-0.15, -0.1) is 11.3 Å². The van der Waals surface area contributed by atoms with Crippen molar-refractivity contribution in [3.8, 4) is 0 Å². The highest BCUT2D eigenvalue weighted by Crippen LogP contribution is 2.40. The van der Waals surface area contributed by atoms with Gasteiger partial charge in [-0.3, -0.25) is 4.79 Å². The molecule has 0 aromatic carbocycles. The standard InChI is InChI=1S/C11H17N3OS/c1-11(2,12)10(15)13-5-9-14-8(6-16-9)7-3-4-7/h6-7H,3-5,12H2,1-2H3,(H,13,15). The van der Waals surface area contributed by atoms with Gasteiger partial charge in [-0.05, 0) is 26.7 Å². The van der Waals surface area contributed by atoms with Crippen molar-refractivity contribution in [2.75, 3.05) is 0 Å². The summed E-state index contributed by atoms with van der Waals surface area (Å²) >= 11 is 1.60. The predicted octanol–water partition coefficient (Wildman–Crippen LogP) is 1.37. The molecule has 1 amide bonds. The third-order valence-electron chi connectivity index (χ3n) is 2.55. The van der Waals surface area contributed by atoms with Crippen molar-refractivity contribution in [2.24, 2.45) is 5.73 Å². The number of carbonyl (C=O) groups is 1. The van der Waals surface area contributed by atoms with Crippen molar-refractivity contribution in [1.82, 2.24) is 10.3 Å². The highest BCUT2D eigenvalue weighted by atomic mass is 32.1. The van der Waals surface area contributed by atoms with Crippen molar-refractivity contribution in [1.29, 1.82) is 0 Å². The van der Waals surface area contributed by atoms with E-state index in [1.807, 2.05) is 0 Å². The molecule has 1 fully saturated rings. The molecule has 0 radical (unpaired) electrons. The summed E-state index contributed by atoms with van der Waals surface area (Å²) in [4.78, 5) is 16.0. The number of aromatic nitrogens is 1. The lowest BCUT2D eigenvalue weighted by Gasteiger charge is -2.16. The minimum Gasteiger partial charge on any atom is -0.348 e. The molecule has 1 aliphatic carbocycles. The number of nitrogens with zero attached hydrogens (tertiary/aromatic N) is 1. The van der Waals surface area contributed by atoms with Crippen LogP contribution in [0, 0.1) is 0 Å². The minimum absolute atomic E-state index is 0.143. The maximum Gasteiger partial charge on any atom is 0.239 e. The van der Waals surface area contributed by atoms with Gasteiger partial charge in [0.1, 0.15) is 5.01 Å². The van der Waals surface area contributed by atoms with Gasteiger partial charge in [0.2, 0.25) is 5.91 Å². The zero-order valence-corrected chi connectivity index (χ0v) is 10.4. The fourth-order valence-corrected chi connectivity index (χ4v) is 2.17. The monoisotopic (exact) mass is 239 g/mol. The number of carbonyl (C=O) groups excluding carboxylic acids is 1. The molecule has 0 bridgehead atoms. The van der Waals surface area contributed by atoms with E-state index < -0.39 is 5.54 Å². The van der Waals surface area contributed by atoms with E-state index in [1.54, 1.807) is 25.2 Å². The molecule has 1 aromatic heterocycles. The maximum atomic E-state index is 11.5. The van der Waals surface area contributed by atoms with Crippen LogP contribution in [0.2, 0.25) is 0 Å². The van der Waals surface area contributed by atoms with Gasteiger partial charge in [0.15, 0.2) is 0 Å². The maximum absolute atomic E-state index is 11.5. The molecule has 4 nitrogen and oxygen atoms in total. The molecule has 0 saturated heterocycles. The zero-order valence-electron chi connectivity index (χ0n) is 9.62. The third-order valence-corrected chi connectivity index (χ3v) is 3.42. The largest absolute Gasteiger partial charge is 0.348 e. The van der Waals surface area contributed by atoms with Crippen molar-refractivity contribution in [2.45, 2.75) is 44.7 Å². The van der Waals surface area contributed by atoms with E-state index in [9.17, 15) is 4.79 Å². The van der Waals surface area contributed by atoms with Gasteiger partial charge in [-0.25, -0.2) is 4.98 Å². The lowest BCUT2D eigenvalue weighted by atomic mass is 10.1. The Morgan fingerprint density at radius 1 is 1.69 bits per heavy atom. The Hall–Kier alpha value is -0.940. The van der Waals surface area contributed by atoms with Gasteiger partial charge in [0, 0.05) is 11.3 Å². The van der Waals surface area contributed by atoms with Crippen molar-refractivity contribution < 1.29 is 4.79 Å². The summed E-state index contributed by atoms with van der Waals surface area (Å²) in [5, 5.41) is 5.84. The molecule has 1 saturated carbocycles. The van der Waals surface area contributed by atoms with Crippen LogP contribution in [-0.2, 0) is 11.3 Å². The van der Waals surface area contributed by atoms with E-state index in [2.05, 4.69) is 15.7 Å². The normalized spacial score (nSPS) is 16.2. The van der Waals surface area contributed by atoms with Crippen molar-refractivity contribution >= 4 is 17.2 Å². The Morgan fingerprint density at radius 3 is 2.94 bits per heavy atom. The summed E-state index contributed by atoms with van der Waals surface area (Å²) in [6, 6.07) is 0. The second-order valence-electron chi connectivity index (χ2n) is 4.84. The molecule has 5 heteroatoms. The van der Waals surface area contributed by atoms with Gasteiger partial charge in [-0.2, -0.15) is 0 Å². The molecule has 16 heavy (non-hydrogen) atoms. The predicted molar refractivity (Wildman–Crippen MR) is 64.2 cm³/mol. The van der Waals surface area contributed by atoms with Gasteiger partial charge < -0.3 is 11.1 Å². The zero-order chi connectivity index (χ0) is 11.8. The van der Waals surface area contributed by atoms with E-state index in [0.29, 0.717) is 12.5 Å². The number of hydrogen-bond acceptors (Lipinski definition) is 4. The SMILES string of the molecule is CC(C)(N)C(=O)NCc1nc(C2CC2)cs1. The van der Waals surface area contributed by atoms with E-state index >= 15 is 0 Å². The third kappa shape index (κ3) is 2.80. The lowest BCUT2D eigenvalue weighted by molar-refractivity contribution is -0.125. The van der Waals surface area contributed by atoms with Crippen LogP contribution in [0.4, 0.5) is 0 Å². The van der Waals surface area contributed by atoms with Crippen LogP contribution < -0.4 is 11.1 Å². The second-order valence-corrected chi connectivity index (χ2v) is 5.79. The van der Waals surface area contributed by atoms with Crippen LogP contribution in [0.15, 0.2) is 5.38 Å². The van der Waals surface area contributed by atoms with Gasteiger partial charge >= 0.3 is 0 Å². The summed E-state index contributed by atoms with van der Waals surface area (Å²) in [6.45, 7) is 3.87. The Labute approximate surface area is 99.3 Å². The van der Waals surface area contributed by atoms with E-state index in [-0.39, 0.29) is 5.91 Å². The van der Waals surface area contributed by atoms with E-state index in [1.165, 1.54) is 18.5 Å². The highest BCUT2D eigenvalue weighted by molar-refractivity contribution is 7.09. The fourth-order valence-electron chi connectivity index (χ4n) is 1.36. The Balaban J connectivity index is 1.87. The number of nitrogens with two attached hydrogens (primary N) is 1. The second kappa shape index (κ2) is 4.14. The molecule has 0 aliphatic heterocycles. The average Bonchev–Trinajstić information content (AvgIpc) is 2.94. The summed E-state index contributed by atoms with van der Waals surface area (Å²) in [5.74, 6) is 0.530. The van der Waals surface area contributed by atoms with Crippen LogP contribution in [-0.4, -0.2) is 16.4 Å². The van der Waals surface area contributed by atoms with E-state index in [0.717, 1.165) is 5.01 Å². The van der Waals surface area contributed by atoms with Crippen molar-refractivity contribution in [3.63, 3.8) is 0 Å². The summed E-state index contributed by atoms with van der Waals surface area (Å²) < 4.78 is 0. The molecule has 3 N–H and O–H groups in total. The molecule has 1 aliphatic rings. The molecule has 0 spiro atoms. The summed E-state index contributed by atoms with van der Waals surface area (Å²) in [7, 11) is 0. The molecular formula is C11H17N3OS. The molecule has 0 atom stereocenters. The smallest absolute Gasteiger partial charge is 0.239 e. The van der Waals surface area contributed by atoms with Gasteiger partial charge in [0.05, 0.1) is 17.8 Å². The van der Waals surface area contributed by atoms with E-state index in [4.69, 9.17) is 5.73 Å². The molecule has 0 unspecified atom stereocenters. The van der Waals surface area contributed by atoms with Gasteiger partial charge in [-0.1, -0.05) is 0 Å². The number of hydrogen-bond donors (Lipinski definition) is 2.